The summed E-state index contributed by atoms with van der Waals surface area (Å²) >= 11 is 0. The minimum atomic E-state index is 0.266. The Kier molecular flexibility index (Phi) is 5.92. The van der Waals surface area contributed by atoms with E-state index in [1.165, 1.54) is 77.0 Å². The van der Waals surface area contributed by atoms with Gasteiger partial charge in [0.2, 0.25) is 0 Å². The average Bonchev–Trinajstić information content (AvgIpc) is 2.86. The van der Waals surface area contributed by atoms with Crippen LogP contribution < -0.4 is 5.73 Å². The summed E-state index contributed by atoms with van der Waals surface area (Å²) in [5.74, 6) is 0. The third-order valence-electron chi connectivity index (χ3n) is 6.01. The lowest BCUT2D eigenvalue weighted by atomic mass is 9.75. The molecule has 0 radical (unpaired) electrons. The van der Waals surface area contributed by atoms with E-state index in [1.807, 2.05) is 0 Å². The van der Waals surface area contributed by atoms with E-state index < -0.39 is 0 Å². The number of rotatable bonds is 7. The van der Waals surface area contributed by atoms with Crippen LogP contribution in [0.2, 0.25) is 0 Å². The molecule has 2 N–H and O–H groups in total. The molecule has 1 saturated carbocycles. The van der Waals surface area contributed by atoms with Gasteiger partial charge in [-0.3, -0.25) is 0 Å². The van der Waals surface area contributed by atoms with Gasteiger partial charge in [-0.2, -0.15) is 0 Å². The topological polar surface area (TPSA) is 35.2 Å². The molecule has 1 aliphatic heterocycles. The smallest absolute Gasteiger partial charge is 0.0687 e. The van der Waals surface area contributed by atoms with Crippen LogP contribution in [0.3, 0.4) is 0 Å². The van der Waals surface area contributed by atoms with Gasteiger partial charge in [0.15, 0.2) is 0 Å². The lowest BCUT2D eigenvalue weighted by Gasteiger charge is -2.37. The number of hydrogen-bond donors (Lipinski definition) is 1. The first-order chi connectivity index (χ1) is 9.67. The van der Waals surface area contributed by atoms with Gasteiger partial charge < -0.3 is 10.5 Å². The summed E-state index contributed by atoms with van der Waals surface area (Å²) in [6, 6.07) is 0. The summed E-state index contributed by atoms with van der Waals surface area (Å²) in [5, 5.41) is 0. The molecule has 1 heterocycles. The molecule has 118 valence electrons. The highest BCUT2D eigenvalue weighted by molar-refractivity contribution is 4.94. The highest BCUT2D eigenvalue weighted by atomic mass is 16.5. The van der Waals surface area contributed by atoms with Gasteiger partial charge in [0.1, 0.15) is 0 Å². The molecule has 2 heteroatoms. The lowest BCUT2D eigenvalue weighted by Crippen LogP contribution is -2.36. The molecule has 2 atom stereocenters. The van der Waals surface area contributed by atoms with E-state index >= 15 is 0 Å². The van der Waals surface area contributed by atoms with Crippen molar-refractivity contribution in [2.75, 3.05) is 6.54 Å². The van der Waals surface area contributed by atoms with Crippen molar-refractivity contribution in [3.8, 4) is 0 Å². The van der Waals surface area contributed by atoms with Crippen molar-refractivity contribution in [2.24, 2.45) is 11.1 Å². The van der Waals surface area contributed by atoms with Crippen LogP contribution in [-0.4, -0.2) is 18.2 Å². The molecule has 0 aromatic heterocycles. The Morgan fingerprint density at radius 2 is 1.90 bits per heavy atom. The van der Waals surface area contributed by atoms with Crippen LogP contribution in [0.1, 0.15) is 90.9 Å². The summed E-state index contributed by atoms with van der Waals surface area (Å²) in [6.45, 7) is 5.42. The Labute approximate surface area is 125 Å². The van der Waals surface area contributed by atoms with E-state index in [2.05, 4.69) is 13.8 Å². The first-order valence-corrected chi connectivity index (χ1v) is 9.05. The monoisotopic (exact) mass is 281 g/mol. The fourth-order valence-corrected chi connectivity index (χ4v) is 4.39. The van der Waals surface area contributed by atoms with Gasteiger partial charge in [-0.25, -0.2) is 0 Å². The zero-order valence-electron chi connectivity index (χ0n) is 13.8. The van der Waals surface area contributed by atoms with Crippen LogP contribution in [-0.2, 0) is 4.74 Å². The van der Waals surface area contributed by atoms with Crippen LogP contribution in [0.25, 0.3) is 0 Å². The minimum Gasteiger partial charge on any atom is -0.372 e. The summed E-state index contributed by atoms with van der Waals surface area (Å²) < 4.78 is 6.57. The van der Waals surface area contributed by atoms with Crippen molar-refractivity contribution in [3.05, 3.63) is 0 Å². The molecule has 20 heavy (non-hydrogen) atoms. The first kappa shape index (κ1) is 16.3. The highest BCUT2D eigenvalue weighted by Gasteiger charge is 2.43. The second-order valence-corrected chi connectivity index (χ2v) is 7.39. The summed E-state index contributed by atoms with van der Waals surface area (Å²) in [5.41, 5.74) is 6.75. The molecule has 0 amide bonds. The maximum absolute atomic E-state index is 6.57. The number of ether oxygens (including phenoxy) is 1. The lowest BCUT2D eigenvalue weighted by molar-refractivity contribution is -0.0776. The van der Waals surface area contributed by atoms with Gasteiger partial charge in [0.25, 0.3) is 0 Å². The van der Waals surface area contributed by atoms with Crippen molar-refractivity contribution < 1.29 is 4.74 Å². The molecule has 0 aromatic rings. The van der Waals surface area contributed by atoms with Crippen molar-refractivity contribution in [3.63, 3.8) is 0 Å². The van der Waals surface area contributed by atoms with Crippen molar-refractivity contribution >= 4 is 0 Å². The van der Waals surface area contributed by atoms with Crippen molar-refractivity contribution in [1.29, 1.82) is 0 Å². The Balaban J connectivity index is 1.91. The average molecular weight is 281 g/mol. The Morgan fingerprint density at radius 1 is 1.15 bits per heavy atom. The van der Waals surface area contributed by atoms with Gasteiger partial charge in [0, 0.05) is 0 Å². The predicted octanol–water partition coefficient (Wildman–Crippen LogP) is 4.80. The van der Waals surface area contributed by atoms with Crippen LogP contribution >= 0.6 is 0 Å². The quantitative estimate of drug-likeness (QED) is 0.727. The van der Waals surface area contributed by atoms with E-state index in [0.717, 1.165) is 6.54 Å². The molecule has 0 aromatic carbocycles. The summed E-state index contributed by atoms with van der Waals surface area (Å²) in [7, 11) is 0. The Bertz CT molecular complexity index is 279. The van der Waals surface area contributed by atoms with E-state index in [1.54, 1.807) is 0 Å². The highest BCUT2D eigenvalue weighted by Crippen LogP contribution is 2.45. The first-order valence-electron chi connectivity index (χ1n) is 9.05. The standard InChI is InChI=1S/C18H35NO/c1-3-5-10-17(4-2,15-19)14-16-9-13-18(20-16)11-7-6-8-12-18/h16H,3-15,19H2,1-2H3. The van der Waals surface area contributed by atoms with Crippen molar-refractivity contribution in [1.82, 2.24) is 0 Å². The van der Waals surface area contributed by atoms with E-state index in [4.69, 9.17) is 10.5 Å². The fraction of sp³-hybridized carbons (Fsp3) is 1.00. The predicted molar refractivity (Wildman–Crippen MR) is 85.8 cm³/mol. The van der Waals surface area contributed by atoms with E-state index in [9.17, 15) is 0 Å². The number of hydrogen-bond acceptors (Lipinski definition) is 2. The molecule has 2 fully saturated rings. The van der Waals surface area contributed by atoms with Crippen LogP contribution in [0.15, 0.2) is 0 Å². The Hall–Kier alpha value is -0.0800. The zero-order chi connectivity index (χ0) is 14.5. The summed E-state index contributed by atoms with van der Waals surface area (Å²) in [6.07, 6.45) is 16.1. The van der Waals surface area contributed by atoms with Crippen LogP contribution in [0.5, 0.6) is 0 Å². The number of unbranched alkanes of at least 4 members (excludes halogenated alkanes) is 1. The van der Waals surface area contributed by atoms with Gasteiger partial charge >= 0.3 is 0 Å². The molecule has 1 aliphatic carbocycles. The van der Waals surface area contributed by atoms with E-state index in [-0.39, 0.29) is 5.60 Å². The minimum absolute atomic E-state index is 0.266. The van der Waals surface area contributed by atoms with Gasteiger partial charge in [0.05, 0.1) is 11.7 Å². The second-order valence-electron chi connectivity index (χ2n) is 7.39. The van der Waals surface area contributed by atoms with Crippen molar-refractivity contribution in [2.45, 2.75) is 103 Å². The molecule has 0 bridgehead atoms. The molecule has 2 aliphatic rings. The van der Waals surface area contributed by atoms with Crippen LogP contribution in [0.4, 0.5) is 0 Å². The van der Waals surface area contributed by atoms with E-state index in [0.29, 0.717) is 11.5 Å². The molecule has 2 unspecified atom stereocenters. The maximum Gasteiger partial charge on any atom is 0.0687 e. The zero-order valence-corrected chi connectivity index (χ0v) is 13.8. The normalized spacial score (nSPS) is 28.6. The molecule has 1 spiro atoms. The Morgan fingerprint density at radius 3 is 2.50 bits per heavy atom. The number of nitrogens with two attached hydrogens (primary N) is 1. The second kappa shape index (κ2) is 7.26. The molecule has 2 nitrogen and oxygen atoms in total. The third kappa shape index (κ3) is 3.76. The van der Waals surface area contributed by atoms with Gasteiger partial charge in [-0.15, -0.1) is 0 Å². The molecule has 2 rings (SSSR count). The maximum atomic E-state index is 6.57. The third-order valence-corrected chi connectivity index (χ3v) is 6.01. The largest absolute Gasteiger partial charge is 0.372 e. The molecular formula is C18H35NO. The SMILES string of the molecule is CCCCC(CC)(CN)CC1CCC2(CCCCC2)O1. The van der Waals surface area contributed by atoms with Gasteiger partial charge in [-0.1, -0.05) is 46.0 Å². The fourth-order valence-electron chi connectivity index (χ4n) is 4.39. The van der Waals surface area contributed by atoms with Crippen LogP contribution in [0, 0.1) is 5.41 Å². The molecule has 1 saturated heterocycles. The van der Waals surface area contributed by atoms with Gasteiger partial charge in [-0.05, 0) is 56.9 Å². The summed E-state index contributed by atoms with van der Waals surface area (Å²) in [4.78, 5) is 0. The molecular weight excluding hydrogens is 246 g/mol.